The zero-order chi connectivity index (χ0) is 17.9. The van der Waals surface area contributed by atoms with E-state index >= 15 is 0 Å². The van der Waals surface area contributed by atoms with Gasteiger partial charge in [0.15, 0.2) is 0 Å². The van der Waals surface area contributed by atoms with Gasteiger partial charge in [-0.3, -0.25) is 4.98 Å². The second kappa shape index (κ2) is 7.01. The van der Waals surface area contributed by atoms with Crippen molar-refractivity contribution in [2.75, 3.05) is 0 Å². The monoisotopic (exact) mass is 339 g/mol. The van der Waals surface area contributed by atoms with Crippen LogP contribution in [-0.2, 0) is 6.61 Å². The standard InChI is InChI=1S/C24H21NO/c1-17-7-3-4-8-22(17)19-11-13-21(14-12-19)26-16-20-15-18(2)25-24-10-6-5-9-23(20)24/h3-15H,16H2,1-2H3. The lowest BCUT2D eigenvalue weighted by molar-refractivity contribution is 0.307. The Balaban J connectivity index is 1.55. The van der Waals surface area contributed by atoms with E-state index in [1.165, 1.54) is 16.7 Å². The van der Waals surface area contributed by atoms with Gasteiger partial charge in [0.25, 0.3) is 0 Å². The molecule has 2 heteroatoms. The highest BCUT2D eigenvalue weighted by Crippen LogP contribution is 2.26. The summed E-state index contributed by atoms with van der Waals surface area (Å²) >= 11 is 0. The second-order valence-electron chi connectivity index (χ2n) is 6.57. The van der Waals surface area contributed by atoms with Crippen LogP contribution >= 0.6 is 0 Å². The lowest BCUT2D eigenvalue weighted by Crippen LogP contribution is -1.98. The molecule has 2 nitrogen and oxygen atoms in total. The van der Waals surface area contributed by atoms with E-state index in [-0.39, 0.29) is 0 Å². The summed E-state index contributed by atoms with van der Waals surface area (Å²) in [6.45, 7) is 4.69. The zero-order valence-corrected chi connectivity index (χ0v) is 15.1. The molecule has 0 unspecified atom stereocenters. The van der Waals surface area contributed by atoms with Gasteiger partial charge in [-0.2, -0.15) is 0 Å². The molecule has 4 rings (SSSR count). The number of ether oxygens (including phenoxy) is 1. The van der Waals surface area contributed by atoms with Gasteiger partial charge in [-0.1, -0.05) is 54.6 Å². The number of rotatable bonds is 4. The minimum absolute atomic E-state index is 0.535. The van der Waals surface area contributed by atoms with Crippen LogP contribution in [0.4, 0.5) is 0 Å². The first-order valence-corrected chi connectivity index (χ1v) is 8.85. The lowest BCUT2D eigenvalue weighted by atomic mass is 10.0. The van der Waals surface area contributed by atoms with Crippen LogP contribution in [0.2, 0.25) is 0 Å². The molecule has 0 aliphatic carbocycles. The Labute approximate surface area is 154 Å². The predicted octanol–water partition coefficient (Wildman–Crippen LogP) is 6.10. The van der Waals surface area contributed by atoms with Gasteiger partial charge in [-0.05, 0) is 54.8 Å². The molecule has 0 bridgehead atoms. The Morgan fingerprint density at radius 1 is 0.808 bits per heavy atom. The summed E-state index contributed by atoms with van der Waals surface area (Å²) < 4.78 is 6.05. The highest BCUT2D eigenvalue weighted by Gasteiger charge is 2.06. The van der Waals surface area contributed by atoms with Crippen LogP contribution in [0.15, 0.2) is 78.9 Å². The molecule has 0 aliphatic rings. The molecule has 0 aliphatic heterocycles. The van der Waals surface area contributed by atoms with Crippen LogP contribution in [0.3, 0.4) is 0 Å². The van der Waals surface area contributed by atoms with Crippen molar-refractivity contribution < 1.29 is 4.74 Å². The van der Waals surface area contributed by atoms with Gasteiger partial charge in [0.2, 0.25) is 0 Å². The van der Waals surface area contributed by atoms with Crippen molar-refractivity contribution in [2.45, 2.75) is 20.5 Å². The van der Waals surface area contributed by atoms with Gasteiger partial charge >= 0.3 is 0 Å². The molecule has 0 saturated carbocycles. The molecule has 0 fully saturated rings. The summed E-state index contributed by atoms with van der Waals surface area (Å²) in [7, 11) is 0. The van der Waals surface area contributed by atoms with Gasteiger partial charge in [0, 0.05) is 16.6 Å². The number of para-hydroxylation sites is 1. The first kappa shape index (κ1) is 16.3. The molecule has 0 radical (unpaired) electrons. The summed E-state index contributed by atoms with van der Waals surface area (Å²) in [5.74, 6) is 0.876. The van der Waals surface area contributed by atoms with Gasteiger partial charge in [0.05, 0.1) is 5.52 Å². The number of hydrogen-bond donors (Lipinski definition) is 0. The van der Waals surface area contributed by atoms with E-state index in [0.717, 1.165) is 27.9 Å². The number of fused-ring (bicyclic) bond motifs is 1. The van der Waals surface area contributed by atoms with E-state index in [1.807, 2.05) is 37.3 Å². The van der Waals surface area contributed by atoms with Crippen molar-refractivity contribution in [2.24, 2.45) is 0 Å². The molecule has 0 amide bonds. The Morgan fingerprint density at radius 3 is 2.35 bits per heavy atom. The van der Waals surface area contributed by atoms with Gasteiger partial charge in [-0.25, -0.2) is 0 Å². The van der Waals surface area contributed by atoms with Crippen molar-refractivity contribution in [1.82, 2.24) is 4.98 Å². The van der Waals surface area contributed by atoms with E-state index in [1.54, 1.807) is 0 Å². The molecular weight excluding hydrogens is 318 g/mol. The molecule has 128 valence electrons. The van der Waals surface area contributed by atoms with E-state index in [0.29, 0.717) is 6.61 Å². The fourth-order valence-electron chi connectivity index (χ4n) is 3.30. The van der Waals surface area contributed by atoms with Crippen molar-refractivity contribution in [3.63, 3.8) is 0 Å². The molecule has 4 aromatic rings. The maximum absolute atomic E-state index is 6.05. The molecule has 1 heterocycles. The van der Waals surface area contributed by atoms with Crippen molar-refractivity contribution in [3.8, 4) is 16.9 Å². The maximum atomic E-state index is 6.05. The largest absolute Gasteiger partial charge is 0.489 e. The number of aromatic nitrogens is 1. The van der Waals surface area contributed by atoms with Crippen molar-refractivity contribution in [1.29, 1.82) is 0 Å². The lowest BCUT2D eigenvalue weighted by Gasteiger charge is -2.11. The van der Waals surface area contributed by atoms with Crippen LogP contribution in [0.25, 0.3) is 22.0 Å². The number of aryl methyl sites for hydroxylation is 2. The number of hydrogen-bond acceptors (Lipinski definition) is 2. The Kier molecular flexibility index (Phi) is 4.40. The van der Waals surface area contributed by atoms with E-state index in [9.17, 15) is 0 Å². The Bertz CT molecular complexity index is 1050. The van der Waals surface area contributed by atoms with E-state index in [2.05, 4.69) is 60.4 Å². The Hall–Kier alpha value is -3.13. The molecule has 0 atom stereocenters. The number of benzene rings is 3. The fraction of sp³-hybridized carbons (Fsp3) is 0.125. The first-order valence-electron chi connectivity index (χ1n) is 8.85. The van der Waals surface area contributed by atoms with Crippen molar-refractivity contribution in [3.05, 3.63) is 95.7 Å². The van der Waals surface area contributed by atoms with Crippen LogP contribution < -0.4 is 4.74 Å². The predicted molar refractivity (Wildman–Crippen MR) is 107 cm³/mol. The highest BCUT2D eigenvalue weighted by atomic mass is 16.5. The first-order chi connectivity index (χ1) is 12.7. The second-order valence-corrected chi connectivity index (χ2v) is 6.57. The topological polar surface area (TPSA) is 22.1 Å². The summed E-state index contributed by atoms with van der Waals surface area (Å²) in [5.41, 5.74) is 6.93. The summed E-state index contributed by atoms with van der Waals surface area (Å²) in [6.07, 6.45) is 0. The van der Waals surface area contributed by atoms with E-state index < -0.39 is 0 Å². The zero-order valence-electron chi connectivity index (χ0n) is 15.1. The van der Waals surface area contributed by atoms with Crippen LogP contribution in [-0.4, -0.2) is 4.98 Å². The molecule has 0 saturated heterocycles. The minimum Gasteiger partial charge on any atom is -0.489 e. The normalized spacial score (nSPS) is 10.8. The van der Waals surface area contributed by atoms with Gasteiger partial charge in [0.1, 0.15) is 12.4 Å². The van der Waals surface area contributed by atoms with Crippen LogP contribution in [0.1, 0.15) is 16.8 Å². The quantitative estimate of drug-likeness (QED) is 0.448. The molecule has 1 aromatic heterocycles. The third kappa shape index (κ3) is 3.31. The van der Waals surface area contributed by atoms with Crippen LogP contribution in [0, 0.1) is 13.8 Å². The number of pyridine rings is 1. The molecule has 3 aromatic carbocycles. The number of nitrogens with zero attached hydrogens (tertiary/aromatic N) is 1. The SMILES string of the molecule is Cc1cc(COc2ccc(-c3ccccc3C)cc2)c2ccccc2n1. The summed E-state index contributed by atoms with van der Waals surface area (Å²) in [6, 6.07) is 27.0. The maximum Gasteiger partial charge on any atom is 0.119 e. The third-order valence-electron chi connectivity index (χ3n) is 4.63. The Morgan fingerprint density at radius 2 is 1.54 bits per heavy atom. The van der Waals surface area contributed by atoms with Gasteiger partial charge < -0.3 is 4.74 Å². The summed E-state index contributed by atoms with van der Waals surface area (Å²) in [5, 5.41) is 1.15. The van der Waals surface area contributed by atoms with Crippen molar-refractivity contribution >= 4 is 10.9 Å². The van der Waals surface area contributed by atoms with Gasteiger partial charge in [-0.15, -0.1) is 0 Å². The average molecular weight is 339 g/mol. The molecule has 0 N–H and O–H groups in total. The average Bonchev–Trinajstić information content (AvgIpc) is 2.67. The highest BCUT2D eigenvalue weighted by molar-refractivity contribution is 5.82. The molecule has 0 spiro atoms. The fourth-order valence-corrected chi connectivity index (χ4v) is 3.30. The molecule has 26 heavy (non-hydrogen) atoms. The van der Waals surface area contributed by atoms with E-state index in [4.69, 9.17) is 4.74 Å². The third-order valence-corrected chi connectivity index (χ3v) is 4.63. The minimum atomic E-state index is 0.535. The smallest absolute Gasteiger partial charge is 0.119 e. The summed E-state index contributed by atoms with van der Waals surface area (Å²) in [4.78, 5) is 4.59. The van der Waals surface area contributed by atoms with Crippen LogP contribution in [0.5, 0.6) is 5.75 Å². The molecular formula is C24H21NO.